The van der Waals surface area contributed by atoms with Gasteiger partial charge in [0.1, 0.15) is 6.04 Å². The zero-order valence-corrected chi connectivity index (χ0v) is 14.8. The summed E-state index contributed by atoms with van der Waals surface area (Å²) < 4.78 is 1.72. The molecule has 0 aliphatic heterocycles. The second-order valence-corrected chi connectivity index (χ2v) is 6.61. The molecule has 0 saturated heterocycles. The average molecular weight is 333 g/mol. The predicted molar refractivity (Wildman–Crippen MR) is 94.7 cm³/mol. The van der Waals surface area contributed by atoms with Gasteiger partial charge < -0.3 is 11.1 Å². The SMILES string of the molecule is CCSc1nnc(N)n1C(CC)C(=O)Nc1ccc(C)cc1C. The summed E-state index contributed by atoms with van der Waals surface area (Å²) in [6, 6.07) is 5.52. The Labute approximate surface area is 140 Å². The van der Waals surface area contributed by atoms with Crippen LogP contribution in [0, 0.1) is 13.8 Å². The van der Waals surface area contributed by atoms with E-state index in [0.29, 0.717) is 11.6 Å². The van der Waals surface area contributed by atoms with E-state index in [-0.39, 0.29) is 11.9 Å². The van der Waals surface area contributed by atoms with E-state index in [9.17, 15) is 4.79 Å². The minimum Gasteiger partial charge on any atom is -0.368 e. The molecule has 0 bridgehead atoms. The number of carbonyl (C=O) groups is 1. The molecule has 0 saturated carbocycles. The van der Waals surface area contributed by atoms with Crippen molar-refractivity contribution in [2.75, 3.05) is 16.8 Å². The van der Waals surface area contributed by atoms with E-state index in [0.717, 1.165) is 22.6 Å². The van der Waals surface area contributed by atoms with Gasteiger partial charge in [-0.25, -0.2) is 0 Å². The maximum atomic E-state index is 12.7. The highest BCUT2D eigenvalue weighted by atomic mass is 32.2. The number of nitrogens with two attached hydrogens (primary N) is 1. The molecule has 0 aliphatic rings. The molecule has 6 nitrogen and oxygen atoms in total. The molecule has 23 heavy (non-hydrogen) atoms. The van der Waals surface area contributed by atoms with Crippen molar-refractivity contribution < 1.29 is 4.79 Å². The summed E-state index contributed by atoms with van der Waals surface area (Å²) in [6.45, 7) is 7.98. The zero-order chi connectivity index (χ0) is 17.0. The molecule has 1 heterocycles. The molecule has 1 aromatic carbocycles. The molecule has 0 fully saturated rings. The Kier molecular flexibility index (Phi) is 5.65. The van der Waals surface area contributed by atoms with Gasteiger partial charge in [-0.05, 0) is 37.7 Å². The number of thioether (sulfide) groups is 1. The lowest BCUT2D eigenvalue weighted by molar-refractivity contribution is -0.119. The molecule has 1 aromatic heterocycles. The lowest BCUT2D eigenvalue weighted by Crippen LogP contribution is -2.27. The molecular formula is C16H23N5OS. The van der Waals surface area contributed by atoms with Crippen LogP contribution in [0.25, 0.3) is 0 Å². The van der Waals surface area contributed by atoms with E-state index in [4.69, 9.17) is 5.73 Å². The summed E-state index contributed by atoms with van der Waals surface area (Å²) in [5, 5.41) is 11.6. The maximum absolute atomic E-state index is 12.7. The Bertz CT molecular complexity index is 698. The summed E-state index contributed by atoms with van der Waals surface area (Å²) in [6.07, 6.45) is 0.607. The first-order valence-electron chi connectivity index (χ1n) is 7.69. The van der Waals surface area contributed by atoms with Crippen molar-refractivity contribution in [3.05, 3.63) is 29.3 Å². The predicted octanol–water partition coefficient (Wildman–Crippen LogP) is 3.18. The van der Waals surface area contributed by atoms with Gasteiger partial charge in [0, 0.05) is 5.69 Å². The standard InChI is InChI=1S/C16H23N5OS/c1-5-13(21-15(17)19-20-16(21)23-6-2)14(22)18-12-8-7-10(3)9-11(12)4/h7-9,13H,5-6H2,1-4H3,(H2,17,19)(H,18,22). The second-order valence-electron chi connectivity index (χ2n) is 5.38. The third-order valence-electron chi connectivity index (χ3n) is 3.61. The van der Waals surface area contributed by atoms with Crippen LogP contribution < -0.4 is 11.1 Å². The summed E-state index contributed by atoms with van der Waals surface area (Å²) in [5.74, 6) is 1.00. The van der Waals surface area contributed by atoms with Gasteiger partial charge in [-0.1, -0.05) is 43.3 Å². The van der Waals surface area contributed by atoms with Crippen LogP contribution >= 0.6 is 11.8 Å². The van der Waals surface area contributed by atoms with Gasteiger partial charge in [-0.3, -0.25) is 9.36 Å². The minimum absolute atomic E-state index is 0.107. The maximum Gasteiger partial charge on any atom is 0.247 e. The quantitative estimate of drug-likeness (QED) is 0.793. The number of aromatic nitrogens is 3. The Morgan fingerprint density at radius 2 is 2.09 bits per heavy atom. The number of aryl methyl sites for hydroxylation is 2. The highest BCUT2D eigenvalue weighted by Crippen LogP contribution is 2.26. The summed E-state index contributed by atoms with van der Waals surface area (Å²) >= 11 is 1.52. The van der Waals surface area contributed by atoms with Gasteiger partial charge in [-0.15, -0.1) is 10.2 Å². The smallest absolute Gasteiger partial charge is 0.247 e. The number of amides is 1. The summed E-state index contributed by atoms with van der Waals surface area (Å²) in [7, 11) is 0. The van der Waals surface area contributed by atoms with Crippen molar-refractivity contribution in [3.63, 3.8) is 0 Å². The van der Waals surface area contributed by atoms with Crippen LogP contribution in [0.2, 0.25) is 0 Å². The molecular weight excluding hydrogens is 310 g/mol. The zero-order valence-electron chi connectivity index (χ0n) is 14.0. The second kappa shape index (κ2) is 7.50. The fourth-order valence-electron chi connectivity index (χ4n) is 2.46. The number of carbonyl (C=O) groups excluding carboxylic acids is 1. The molecule has 7 heteroatoms. The number of rotatable bonds is 6. The van der Waals surface area contributed by atoms with Crippen LogP contribution in [0.4, 0.5) is 11.6 Å². The average Bonchev–Trinajstić information content (AvgIpc) is 2.85. The van der Waals surface area contributed by atoms with Crippen molar-refractivity contribution in [2.24, 2.45) is 0 Å². The van der Waals surface area contributed by atoms with Crippen LogP contribution in [0.1, 0.15) is 37.4 Å². The first-order chi connectivity index (χ1) is 11.0. The summed E-state index contributed by atoms with van der Waals surface area (Å²) in [5.41, 5.74) is 8.94. The fourth-order valence-corrected chi connectivity index (χ4v) is 3.18. The number of benzene rings is 1. The first kappa shape index (κ1) is 17.3. The lowest BCUT2D eigenvalue weighted by atomic mass is 10.1. The van der Waals surface area contributed by atoms with Gasteiger partial charge in [0.2, 0.25) is 11.9 Å². The van der Waals surface area contributed by atoms with Gasteiger partial charge >= 0.3 is 0 Å². The molecule has 0 spiro atoms. The summed E-state index contributed by atoms with van der Waals surface area (Å²) in [4.78, 5) is 12.7. The van der Waals surface area contributed by atoms with Crippen LogP contribution in [0.5, 0.6) is 0 Å². The Balaban J connectivity index is 2.27. The van der Waals surface area contributed by atoms with Gasteiger partial charge in [0.15, 0.2) is 5.16 Å². The largest absolute Gasteiger partial charge is 0.368 e. The normalized spacial score (nSPS) is 12.2. The molecule has 1 unspecified atom stereocenters. The van der Waals surface area contributed by atoms with Crippen molar-refractivity contribution in [3.8, 4) is 0 Å². The first-order valence-corrected chi connectivity index (χ1v) is 8.67. The number of hydrogen-bond acceptors (Lipinski definition) is 5. The Morgan fingerprint density at radius 1 is 1.35 bits per heavy atom. The Hall–Kier alpha value is -2.02. The molecule has 1 atom stereocenters. The van der Waals surface area contributed by atoms with Crippen molar-refractivity contribution >= 4 is 29.3 Å². The van der Waals surface area contributed by atoms with Crippen molar-refractivity contribution in [1.82, 2.24) is 14.8 Å². The third kappa shape index (κ3) is 3.85. The third-order valence-corrected chi connectivity index (χ3v) is 4.43. The number of nitrogens with one attached hydrogen (secondary N) is 1. The molecule has 1 amide bonds. The van der Waals surface area contributed by atoms with Crippen LogP contribution in [0.15, 0.2) is 23.4 Å². The highest BCUT2D eigenvalue weighted by molar-refractivity contribution is 7.99. The number of nitrogen functional groups attached to an aromatic ring is 1. The minimum atomic E-state index is -0.431. The van der Waals surface area contributed by atoms with Crippen LogP contribution in [-0.4, -0.2) is 26.4 Å². The molecule has 0 radical (unpaired) electrons. The number of hydrogen-bond donors (Lipinski definition) is 2. The van der Waals surface area contributed by atoms with Gasteiger partial charge in [-0.2, -0.15) is 0 Å². The van der Waals surface area contributed by atoms with Gasteiger partial charge in [0.25, 0.3) is 0 Å². The van der Waals surface area contributed by atoms with E-state index in [2.05, 4.69) is 15.5 Å². The van der Waals surface area contributed by atoms with Crippen LogP contribution in [-0.2, 0) is 4.79 Å². The number of anilines is 2. The molecule has 124 valence electrons. The van der Waals surface area contributed by atoms with E-state index in [1.54, 1.807) is 4.57 Å². The fraction of sp³-hybridized carbons (Fsp3) is 0.438. The number of nitrogens with zero attached hydrogens (tertiary/aromatic N) is 3. The molecule has 0 aliphatic carbocycles. The van der Waals surface area contributed by atoms with Crippen LogP contribution in [0.3, 0.4) is 0 Å². The van der Waals surface area contributed by atoms with Crippen molar-refractivity contribution in [2.45, 2.75) is 45.3 Å². The van der Waals surface area contributed by atoms with E-state index >= 15 is 0 Å². The van der Waals surface area contributed by atoms with Crippen molar-refractivity contribution in [1.29, 1.82) is 0 Å². The lowest BCUT2D eigenvalue weighted by Gasteiger charge is -2.19. The molecule has 2 rings (SSSR count). The molecule has 3 N–H and O–H groups in total. The Morgan fingerprint density at radius 3 is 2.70 bits per heavy atom. The topological polar surface area (TPSA) is 85.8 Å². The highest BCUT2D eigenvalue weighted by Gasteiger charge is 2.25. The van der Waals surface area contributed by atoms with Gasteiger partial charge in [0.05, 0.1) is 0 Å². The van der Waals surface area contributed by atoms with E-state index < -0.39 is 6.04 Å². The van der Waals surface area contributed by atoms with E-state index in [1.165, 1.54) is 11.8 Å². The monoisotopic (exact) mass is 333 g/mol. The van der Waals surface area contributed by atoms with E-state index in [1.807, 2.05) is 45.9 Å². The molecule has 2 aromatic rings.